The molecular weight excluding hydrogens is 110 g/mol. The third kappa shape index (κ3) is 3.47. The van der Waals surface area contributed by atoms with Crippen LogP contribution in [-0.4, -0.2) is 6.21 Å². The van der Waals surface area contributed by atoms with Gasteiger partial charge in [-0.05, 0) is 12.5 Å². The minimum atomic E-state index is 0.898. The van der Waals surface area contributed by atoms with Gasteiger partial charge in [0.2, 0.25) is 0 Å². The Bertz CT molecular complexity index is 152. The molecule has 0 saturated carbocycles. The Labute approximate surface area is 55.9 Å². The van der Waals surface area contributed by atoms with E-state index >= 15 is 0 Å². The Hall–Kier alpha value is -1.11. The number of allylic oxidation sites excluding steroid dienone is 5. The molecule has 0 fully saturated rings. The van der Waals surface area contributed by atoms with Crippen LogP contribution in [-0.2, 0) is 0 Å². The highest BCUT2D eigenvalue weighted by Gasteiger charge is 1.77. The molecule has 48 valence electrons. The van der Waals surface area contributed by atoms with Crippen molar-refractivity contribution < 1.29 is 0 Å². The van der Waals surface area contributed by atoms with Crippen LogP contribution in [0.15, 0.2) is 36.5 Å². The molecule has 0 amide bonds. The van der Waals surface area contributed by atoms with Crippen LogP contribution in [0.4, 0.5) is 0 Å². The summed E-state index contributed by atoms with van der Waals surface area (Å²) in [6, 6.07) is 0. The van der Waals surface area contributed by atoms with Crippen molar-refractivity contribution in [2.24, 2.45) is 0 Å². The van der Waals surface area contributed by atoms with E-state index in [2.05, 4.69) is 6.58 Å². The summed E-state index contributed by atoms with van der Waals surface area (Å²) in [4.78, 5) is 0. The second kappa shape index (κ2) is 5.04. The number of hydrogen-bond donors (Lipinski definition) is 1. The van der Waals surface area contributed by atoms with Crippen LogP contribution >= 0.6 is 0 Å². The van der Waals surface area contributed by atoms with Crippen molar-refractivity contribution in [3.63, 3.8) is 0 Å². The predicted octanol–water partition coefficient (Wildman–Crippen LogP) is 2.32. The maximum atomic E-state index is 6.86. The summed E-state index contributed by atoms with van der Waals surface area (Å²) in [6.07, 6.45) is 8.50. The first-order valence-electron chi connectivity index (χ1n) is 2.81. The van der Waals surface area contributed by atoms with Gasteiger partial charge >= 0.3 is 0 Å². The average molecular weight is 121 g/mol. The van der Waals surface area contributed by atoms with Gasteiger partial charge in [0.1, 0.15) is 0 Å². The quantitative estimate of drug-likeness (QED) is 0.437. The lowest BCUT2D eigenvalue weighted by Gasteiger charge is -1.83. The van der Waals surface area contributed by atoms with E-state index in [1.165, 1.54) is 6.21 Å². The zero-order valence-corrected chi connectivity index (χ0v) is 5.59. The van der Waals surface area contributed by atoms with E-state index in [1.807, 2.05) is 19.1 Å². The summed E-state index contributed by atoms with van der Waals surface area (Å²) >= 11 is 0. The highest BCUT2D eigenvalue weighted by molar-refractivity contribution is 5.79. The van der Waals surface area contributed by atoms with Crippen molar-refractivity contribution in [2.75, 3.05) is 0 Å². The van der Waals surface area contributed by atoms with Gasteiger partial charge in [-0.15, -0.1) is 0 Å². The molecule has 0 radical (unpaired) electrons. The zero-order valence-electron chi connectivity index (χ0n) is 5.59. The normalized spacial score (nSPS) is 11.9. The summed E-state index contributed by atoms with van der Waals surface area (Å²) in [5, 5.41) is 6.86. The molecule has 0 aromatic heterocycles. The van der Waals surface area contributed by atoms with E-state index in [4.69, 9.17) is 5.41 Å². The molecule has 0 atom stereocenters. The topological polar surface area (TPSA) is 23.9 Å². The smallest absolute Gasteiger partial charge is 0.0246 e. The molecule has 0 aliphatic carbocycles. The van der Waals surface area contributed by atoms with Crippen LogP contribution in [0.5, 0.6) is 0 Å². The van der Waals surface area contributed by atoms with E-state index in [0.717, 1.165) is 5.57 Å². The third-order valence-electron chi connectivity index (χ3n) is 0.925. The highest BCUT2D eigenvalue weighted by atomic mass is 14.3. The number of hydrogen-bond acceptors (Lipinski definition) is 1. The summed E-state index contributed by atoms with van der Waals surface area (Å²) in [7, 11) is 0. The molecule has 1 heteroatoms. The first-order chi connectivity index (χ1) is 4.35. The van der Waals surface area contributed by atoms with Gasteiger partial charge in [-0.3, -0.25) is 0 Å². The molecule has 0 saturated heterocycles. The molecule has 0 bridgehead atoms. The molecule has 0 spiro atoms. The molecule has 0 aliphatic heterocycles. The number of nitrogens with one attached hydrogen (secondary N) is 1. The van der Waals surface area contributed by atoms with Gasteiger partial charge in [0.05, 0.1) is 0 Å². The van der Waals surface area contributed by atoms with Gasteiger partial charge < -0.3 is 5.41 Å². The Morgan fingerprint density at radius 2 is 2.22 bits per heavy atom. The van der Waals surface area contributed by atoms with E-state index in [9.17, 15) is 0 Å². The van der Waals surface area contributed by atoms with Crippen molar-refractivity contribution in [3.05, 3.63) is 36.5 Å². The lowest BCUT2D eigenvalue weighted by atomic mass is 10.2. The van der Waals surface area contributed by atoms with Crippen molar-refractivity contribution in [2.45, 2.75) is 6.92 Å². The van der Waals surface area contributed by atoms with Crippen LogP contribution in [0.25, 0.3) is 0 Å². The van der Waals surface area contributed by atoms with Crippen LogP contribution < -0.4 is 0 Å². The van der Waals surface area contributed by atoms with Crippen molar-refractivity contribution in [1.82, 2.24) is 0 Å². The number of rotatable bonds is 3. The molecule has 0 aliphatic rings. The monoisotopic (exact) mass is 121 g/mol. The van der Waals surface area contributed by atoms with Gasteiger partial charge in [-0.2, -0.15) is 0 Å². The lowest BCUT2D eigenvalue weighted by Crippen LogP contribution is -1.73. The lowest BCUT2D eigenvalue weighted by molar-refractivity contribution is 1.54. The van der Waals surface area contributed by atoms with E-state index in [0.29, 0.717) is 0 Å². The van der Waals surface area contributed by atoms with Crippen LogP contribution in [0.3, 0.4) is 0 Å². The maximum Gasteiger partial charge on any atom is 0.0246 e. The van der Waals surface area contributed by atoms with Gasteiger partial charge in [0.25, 0.3) is 0 Å². The Kier molecular flexibility index (Phi) is 4.41. The van der Waals surface area contributed by atoms with Crippen molar-refractivity contribution in [1.29, 1.82) is 5.41 Å². The standard InChI is InChI=1S/C8H11N/c1-3-5-6-8(4-2)7-9/h3-7,9H,1H2,2H3/b6-5-,8-4-,9-7?. The Balaban J connectivity index is 3.99. The largest absolute Gasteiger partial charge is 0.308 e. The molecular formula is C8H11N. The van der Waals surface area contributed by atoms with Gasteiger partial charge in [-0.25, -0.2) is 0 Å². The fraction of sp³-hybridized carbons (Fsp3) is 0.125. The van der Waals surface area contributed by atoms with Gasteiger partial charge in [-0.1, -0.05) is 30.9 Å². The van der Waals surface area contributed by atoms with Crippen molar-refractivity contribution in [3.8, 4) is 0 Å². The summed E-state index contributed by atoms with van der Waals surface area (Å²) in [5.74, 6) is 0. The summed E-state index contributed by atoms with van der Waals surface area (Å²) in [5.41, 5.74) is 0.898. The van der Waals surface area contributed by atoms with Crippen LogP contribution in [0, 0.1) is 5.41 Å². The first-order valence-corrected chi connectivity index (χ1v) is 2.81. The van der Waals surface area contributed by atoms with Gasteiger partial charge in [0, 0.05) is 6.21 Å². The first kappa shape index (κ1) is 7.89. The molecule has 1 N–H and O–H groups in total. The minimum Gasteiger partial charge on any atom is -0.308 e. The summed E-state index contributed by atoms with van der Waals surface area (Å²) in [6.45, 7) is 5.41. The Morgan fingerprint density at radius 1 is 1.56 bits per heavy atom. The highest BCUT2D eigenvalue weighted by Crippen LogP contribution is 1.90. The molecule has 0 aromatic rings. The average Bonchev–Trinajstić information content (AvgIpc) is 1.91. The Morgan fingerprint density at radius 3 is 2.56 bits per heavy atom. The maximum absolute atomic E-state index is 6.86. The van der Waals surface area contributed by atoms with E-state index in [-0.39, 0.29) is 0 Å². The van der Waals surface area contributed by atoms with Crippen molar-refractivity contribution >= 4 is 6.21 Å². The van der Waals surface area contributed by atoms with Crippen LogP contribution in [0.2, 0.25) is 0 Å². The second-order valence-electron chi connectivity index (χ2n) is 1.53. The van der Waals surface area contributed by atoms with E-state index < -0.39 is 0 Å². The van der Waals surface area contributed by atoms with Crippen LogP contribution in [0.1, 0.15) is 6.92 Å². The third-order valence-corrected chi connectivity index (χ3v) is 0.925. The fourth-order valence-electron chi connectivity index (χ4n) is 0.407. The predicted molar refractivity (Wildman–Crippen MR) is 41.9 cm³/mol. The zero-order chi connectivity index (χ0) is 7.11. The molecule has 1 nitrogen and oxygen atoms in total. The van der Waals surface area contributed by atoms with E-state index in [1.54, 1.807) is 12.2 Å². The second-order valence-corrected chi connectivity index (χ2v) is 1.53. The van der Waals surface area contributed by atoms with Gasteiger partial charge in [0.15, 0.2) is 0 Å². The summed E-state index contributed by atoms with van der Waals surface area (Å²) < 4.78 is 0. The molecule has 0 aromatic carbocycles. The SMILES string of the molecule is C=C/C=C\C(C=N)=C\C. The molecule has 0 rings (SSSR count). The molecule has 0 heterocycles. The molecule has 0 unspecified atom stereocenters. The fourth-order valence-corrected chi connectivity index (χ4v) is 0.407. The minimum absolute atomic E-state index is 0.898. The molecule has 9 heavy (non-hydrogen) atoms.